The summed E-state index contributed by atoms with van der Waals surface area (Å²) in [4.78, 5) is 14.7. The highest BCUT2D eigenvalue weighted by atomic mass is 35.5. The lowest BCUT2D eigenvalue weighted by Crippen LogP contribution is -2.46. The molecule has 1 heterocycles. The third kappa shape index (κ3) is 2.32. The lowest BCUT2D eigenvalue weighted by molar-refractivity contribution is 0.0548. The van der Waals surface area contributed by atoms with E-state index < -0.39 is 0 Å². The summed E-state index contributed by atoms with van der Waals surface area (Å²) in [6.07, 6.45) is 6.07. The second kappa shape index (κ2) is 5.04. The summed E-state index contributed by atoms with van der Waals surface area (Å²) in [5, 5.41) is 0.464. The molecule has 3 rings (SSSR count). The number of hydrogen-bond acceptors (Lipinski definition) is 2. The molecule has 0 spiro atoms. The van der Waals surface area contributed by atoms with Crippen molar-refractivity contribution in [3.8, 4) is 0 Å². The van der Waals surface area contributed by atoms with Gasteiger partial charge in [-0.1, -0.05) is 18.0 Å². The SMILES string of the molecule is Nc1ccc(C(=O)N2CCCC3CCCC32)cc1Cl. The van der Waals surface area contributed by atoms with Crippen molar-refractivity contribution in [1.82, 2.24) is 4.90 Å². The lowest BCUT2D eigenvalue weighted by atomic mass is 9.91. The first-order valence-electron chi connectivity index (χ1n) is 7.03. The average Bonchev–Trinajstić information content (AvgIpc) is 2.89. The summed E-state index contributed by atoms with van der Waals surface area (Å²) in [5.41, 5.74) is 6.88. The van der Waals surface area contributed by atoms with Gasteiger partial charge < -0.3 is 10.6 Å². The molecule has 4 heteroatoms. The topological polar surface area (TPSA) is 46.3 Å². The summed E-state index contributed by atoms with van der Waals surface area (Å²) in [5.74, 6) is 0.820. The Labute approximate surface area is 118 Å². The fourth-order valence-electron chi connectivity index (χ4n) is 3.53. The molecule has 0 bridgehead atoms. The van der Waals surface area contributed by atoms with Gasteiger partial charge in [-0.2, -0.15) is 0 Å². The summed E-state index contributed by atoms with van der Waals surface area (Å²) in [6, 6.07) is 5.63. The van der Waals surface area contributed by atoms with Crippen LogP contribution in [-0.2, 0) is 0 Å². The lowest BCUT2D eigenvalue weighted by Gasteiger charge is -2.37. The maximum atomic E-state index is 12.6. The molecule has 1 aliphatic heterocycles. The molecule has 1 aromatic carbocycles. The molecule has 1 saturated heterocycles. The summed E-state index contributed by atoms with van der Waals surface area (Å²) >= 11 is 6.01. The van der Waals surface area contributed by atoms with E-state index in [0.29, 0.717) is 28.2 Å². The fraction of sp³-hybridized carbons (Fsp3) is 0.533. The molecule has 1 amide bonds. The van der Waals surface area contributed by atoms with Crippen molar-refractivity contribution in [2.75, 3.05) is 12.3 Å². The second-order valence-corrected chi connectivity index (χ2v) is 6.04. The molecule has 1 aliphatic carbocycles. The highest BCUT2D eigenvalue weighted by Gasteiger charge is 2.37. The minimum Gasteiger partial charge on any atom is -0.398 e. The number of piperidine rings is 1. The number of benzene rings is 1. The number of fused-ring (bicyclic) bond motifs is 1. The van der Waals surface area contributed by atoms with Crippen molar-refractivity contribution in [1.29, 1.82) is 0 Å². The minimum atomic E-state index is 0.110. The van der Waals surface area contributed by atoms with Gasteiger partial charge in [-0.3, -0.25) is 4.79 Å². The molecule has 0 radical (unpaired) electrons. The van der Waals surface area contributed by atoms with Gasteiger partial charge in [0.1, 0.15) is 0 Å². The Bertz CT molecular complexity index is 503. The average molecular weight is 279 g/mol. The van der Waals surface area contributed by atoms with Crippen LogP contribution in [0.2, 0.25) is 5.02 Å². The van der Waals surface area contributed by atoms with Crippen LogP contribution < -0.4 is 5.73 Å². The van der Waals surface area contributed by atoms with E-state index in [9.17, 15) is 4.79 Å². The van der Waals surface area contributed by atoms with Crippen molar-refractivity contribution >= 4 is 23.2 Å². The molecule has 2 unspecified atom stereocenters. The van der Waals surface area contributed by atoms with Gasteiger partial charge in [0.2, 0.25) is 0 Å². The Kier molecular flexibility index (Phi) is 3.40. The van der Waals surface area contributed by atoms with E-state index in [2.05, 4.69) is 4.90 Å². The van der Waals surface area contributed by atoms with Crippen LogP contribution in [0.5, 0.6) is 0 Å². The predicted octanol–water partition coefficient (Wildman–Crippen LogP) is 3.33. The molecular weight excluding hydrogens is 260 g/mol. The van der Waals surface area contributed by atoms with Gasteiger partial charge in [-0.25, -0.2) is 0 Å². The van der Waals surface area contributed by atoms with Crippen molar-refractivity contribution in [2.45, 2.75) is 38.1 Å². The van der Waals surface area contributed by atoms with Gasteiger partial charge in [-0.15, -0.1) is 0 Å². The first-order chi connectivity index (χ1) is 9.16. The molecule has 1 saturated carbocycles. The van der Waals surface area contributed by atoms with Crippen molar-refractivity contribution in [3.63, 3.8) is 0 Å². The summed E-state index contributed by atoms with van der Waals surface area (Å²) < 4.78 is 0. The molecule has 2 aliphatic rings. The Morgan fingerprint density at radius 3 is 2.84 bits per heavy atom. The van der Waals surface area contributed by atoms with Crippen molar-refractivity contribution < 1.29 is 4.79 Å². The highest BCUT2D eigenvalue weighted by molar-refractivity contribution is 6.33. The molecule has 1 aromatic rings. The van der Waals surface area contributed by atoms with Crippen LogP contribution in [0, 0.1) is 5.92 Å². The normalized spacial score (nSPS) is 26.3. The molecule has 19 heavy (non-hydrogen) atoms. The third-order valence-electron chi connectivity index (χ3n) is 4.50. The summed E-state index contributed by atoms with van der Waals surface area (Å²) in [6.45, 7) is 0.877. The number of amides is 1. The van der Waals surface area contributed by atoms with Gasteiger partial charge in [0, 0.05) is 18.2 Å². The van der Waals surface area contributed by atoms with Crippen molar-refractivity contribution in [3.05, 3.63) is 28.8 Å². The number of nitrogen functional groups attached to an aromatic ring is 1. The number of hydrogen-bond donors (Lipinski definition) is 1. The number of nitrogens with zero attached hydrogens (tertiary/aromatic N) is 1. The zero-order valence-electron chi connectivity index (χ0n) is 10.9. The van der Waals surface area contributed by atoms with Crippen LogP contribution in [0.15, 0.2) is 18.2 Å². The fourth-order valence-corrected chi connectivity index (χ4v) is 3.71. The smallest absolute Gasteiger partial charge is 0.254 e. The van der Waals surface area contributed by atoms with Gasteiger partial charge in [-0.05, 0) is 49.8 Å². The number of rotatable bonds is 1. The van der Waals surface area contributed by atoms with E-state index in [0.717, 1.165) is 19.4 Å². The Hall–Kier alpha value is -1.22. The molecule has 3 nitrogen and oxygen atoms in total. The quantitative estimate of drug-likeness (QED) is 0.801. The van der Waals surface area contributed by atoms with Crippen LogP contribution in [0.4, 0.5) is 5.69 Å². The van der Waals surface area contributed by atoms with Crippen LogP contribution in [0.3, 0.4) is 0 Å². The second-order valence-electron chi connectivity index (χ2n) is 5.64. The number of carbonyl (C=O) groups is 1. The highest BCUT2D eigenvalue weighted by Crippen LogP contribution is 2.37. The van der Waals surface area contributed by atoms with E-state index in [1.54, 1.807) is 18.2 Å². The predicted molar refractivity (Wildman–Crippen MR) is 77.3 cm³/mol. The Morgan fingerprint density at radius 1 is 1.26 bits per heavy atom. The van der Waals surface area contributed by atoms with Crippen molar-refractivity contribution in [2.24, 2.45) is 5.92 Å². The Morgan fingerprint density at radius 2 is 2.05 bits per heavy atom. The van der Waals surface area contributed by atoms with E-state index in [-0.39, 0.29) is 5.91 Å². The molecule has 0 aromatic heterocycles. The van der Waals surface area contributed by atoms with Gasteiger partial charge in [0.25, 0.3) is 5.91 Å². The largest absolute Gasteiger partial charge is 0.398 e. The number of likely N-dealkylation sites (tertiary alicyclic amines) is 1. The summed E-state index contributed by atoms with van der Waals surface area (Å²) in [7, 11) is 0. The number of carbonyl (C=O) groups excluding carboxylic acids is 1. The first kappa shape index (κ1) is 12.8. The monoisotopic (exact) mass is 278 g/mol. The number of nitrogens with two attached hydrogens (primary N) is 1. The number of halogens is 1. The molecule has 2 N–H and O–H groups in total. The van der Waals surface area contributed by atoms with E-state index in [1.165, 1.54) is 19.3 Å². The first-order valence-corrected chi connectivity index (χ1v) is 7.40. The standard InChI is InChI=1S/C15H19ClN2O/c16-12-9-11(6-7-13(12)17)15(19)18-8-2-4-10-3-1-5-14(10)18/h6-7,9-10,14H,1-5,8,17H2. The minimum absolute atomic E-state index is 0.110. The maximum Gasteiger partial charge on any atom is 0.254 e. The van der Waals surface area contributed by atoms with E-state index in [1.807, 2.05) is 0 Å². The van der Waals surface area contributed by atoms with Crippen LogP contribution in [-0.4, -0.2) is 23.4 Å². The molecular formula is C15H19ClN2O. The van der Waals surface area contributed by atoms with Gasteiger partial charge in [0.15, 0.2) is 0 Å². The van der Waals surface area contributed by atoms with E-state index in [4.69, 9.17) is 17.3 Å². The van der Waals surface area contributed by atoms with Crippen LogP contribution >= 0.6 is 11.6 Å². The van der Waals surface area contributed by atoms with Gasteiger partial charge in [0.05, 0.1) is 10.7 Å². The molecule has 102 valence electrons. The van der Waals surface area contributed by atoms with Gasteiger partial charge >= 0.3 is 0 Å². The third-order valence-corrected chi connectivity index (χ3v) is 4.83. The van der Waals surface area contributed by atoms with Crippen LogP contribution in [0.1, 0.15) is 42.5 Å². The Balaban J connectivity index is 1.84. The maximum absolute atomic E-state index is 12.6. The van der Waals surface area contributed by atoms with Crippen LogP contribution in [0.25, 0.3) is 0 Å². The zero-order valence-corrected chi connectivity index (χ0v) is 11.7. The molecule has 2 fully saturated rings. The number of anilines is 1. The zero-order chi connectivity index (χ0) is 13.4. The van der Waals surface area contributed by atoms with E-state index >= 15 is 0 Å². The molecule has 2 atom stereocenters.